The molecule has 0 N–H and O–H groups in total. The predicted octanol–water partition coefficient (Wildman–Crippen LogP) is 4.83. The van der Waals surface area contributed by atoms with E-state index in [1.165, 1.54) is 22.5 Å². The molecule has 0 saturated carbocycles. The third-order valence-corrected chi connectivity index (χ3v) is 4.11. The summed E-state index contributed by atoms with van der Waals surface area (Å²) in [5.74, 6) is 0. The van der Waals surface area contributed by atoms with Crippen LogP contribution in [0.4, 0.5) is 11.4 Å². The number of anilines is 1. The van der Waals surface area contributed by atoms with Crippen LogP contribution in [0.25, 0.3) is 11.6 Å². The molecule has 22 heavy (non-hydrogen) atoms. The molecule has 2 aliphatic heterocycles. The summed E-state index contributed by atoms with van der Waals surface area (Å²) in [6, 6.07) is 16.7. The highest BCUT2D eigenvalue weighted by Crippen LogP contribution is 2.32. The Balaban J connectivity index is 1.69. The molecule has 0 amide bonds. The number of fused-ring (bicyclic) bond motifs is 2. The van der Waals surface area contributed by atoms with E-state index in [-0.39, 0.29) is 0 Å². The van der Waals surface area contributed by atoms with Gasteiger partial charge in [0, 0.05) is 35.8 Å². The lowest BCUT2D eigenvalue weighted by atomic mass is 10.0. The van der Waals surface area contributed by atoms with Crippen molar-refractivity contribution < 1.29 is 0 Å². The number of rotatable bonds is 1. The van der Waals surface area contributed by atoms with Crippen LogP contribution in [0.3, 0.4) is 0 Å². The van der Waals surface area contributed by atoms with E-state index < -0.39 is 0 Å². The average Bonchev–Trinajstić information content (AvgIpc) is 2.98. The van der Waals surface area contributed by atoms with Crippen molar-refractivity contribution in [3.8, 4) is 0 Å². The van der Waals surface area contributed by atoms with E-state index in [1.54, 1.807) is 0 Å². The Morgan fingerprint density at radius 3 is 2.68 bits per heavy atom. The molecule has 0 spiro atoms. The summed E-state index contributed by atoms with van der Waals surface area (Å²) in [7, 11) is 2.10. The van der Waals surface area contributed by atoms with Gasteiger partial charge in [0.1, 0.15) is 0 Å². The van der Waals surface area contributed by atoms with E-state index >= 15 is 0 Å². The van der Waals surface area contributed by atoms with Crippen LogP contribution in [0.5, 0.6) is 0 Å². The molecule has 2 aromatic rings. The molecule has 2 aromatic carbocycles. The number of hydrogen-bond donors (Lipinski definition) is 0. The summed E-state index contributed by atoms with van der Waals surface area (Å²) in [6.07, 6.45) is 10.5. The monoisotopic (exact) mass is 284 g/mol. The SMILES string of the molecule is CN1/C(=C\C=C2\C=Nc3ccccc32)C=Cc2ccccc21. The van der Waals surface area contributed by atoms with E-state index in [0.717, 1.165) is 11.3 Å². The molecule has 0 saturated heterocycles. The van der Waals surface area contributed by atoms with Gasteiger partial charge in [-0.3, -0.25) is 4.99 Å². The number of allylic oxidation sites excluding steroid dienone is 4. The standard InChI is InChI=1S/C20H16N2/c1-22-17(12-10-15-6-2-5-9-20(15)22)13-11-16-14-21-19-8-4-3-7-18(16)19/h2-14H,1H3/b16-11-,17-13-. The van der Waals surface area contributed by atoms with E-state index in [4.69, 9.17) is 0 Å². The molecule has 0 unspecified atom stereocenters. The minimum Gasteiger partial charge on any atom is -0.344 e. The number of likely N-dealkylation sites (N-methyl/N-ethyl adjacent to an activating group) is 1. The number of benzene rings is 2. The Morgan fingerprint density at radius 2 is 1.73 bits per heavy atom. The van der Waals surface area contributed by atoms with Crippen LogP contribution >= 0.6 is 0 Å². The molecule has 4 rings (SSSR count). The van der Waals surface area contributed by atoms with Crippen molar-refractivity contribution in [3.63, 3.8) is 0 Å². The van der Waals surface area contributed by atoms with E-state index in [1.807, 2.05) is 18.3 Å². The zero-order chi connectivity index (χ0) is 14.9. The number of para-hydroxylation sites is 2. The third-order valence-electron chi connectivity index (χ3n) is 4.11. The normalized spacial score (nSPS) is 18.9. The summed E-state index contributed by atoms with van der Waals surface area (Å²) >= 11 is 0. The first-order valence-electron chi connectivity index (χ1n) is 7.39. The molecule has 2 heterocycles. The Kier molecular flexibility index (Phi) is 3.01. The van der Waals surface area contributed by atoms with Crippen molar-refractivity contribution in [1.29, 1.82) is 0 Å². The maximum absolute atomic E-state index is 4.45. The van der Waals surface area contributed by atoms with Crippen molar-refractivity contribution in [2.75, 3.05) is 11.9 Å². The Hall–Kier alpha value is -2.87. The fourth-order valence-corrected chi connectivity index (χ4v) is 2.87. The molecule has 2 heteroatoms. The van der Waals surface area contributed by atoms with E-state index in [9.17, 15) is 0 Å². The molecular formula is C20H16N2. The second-order valence-electron chi connectivity index (χ2n) is 5.44. The average molecular weight is 284 g/mol. The molecule has 0 aliphatic carbocycles. The van der Waals surface area contributed by atoms with Crippen LogP contribution in [0.1, 0.15) is 11.1 Å². The lowest BCUT2D eigenvalue weighted by molar-refractivity contribution is 1.12. The number of hydrogen-bond acceptors (Lipinski definition) is 2. The molecule has 0 atom stereocenters. The fourth-order valence-electron chi connectivity index (χ4n) is 2.87. The van der Waals surface area contributed by atoms with Gasteiger partial charge in [0.15, 0.2) is 0 Å². The first-order valence-corrected chi connectivity index (χ1v) is 7.39. The largest absolute Gasteiger partial charge is 0.344 e. The van der Waals surface area contributed by atoms with Crippen LogP contribution in [0, 0.1) is 0 Å². The molecule has 0 fully saturated rings. The summed E-state index contributed by atoms with van der Waals surface area (Å²) in [5, 5.41) is 0. The Morgan fingerprint density at radius 1 is 0.909 bits per heavy atom. The Bertz CT molecular complexity index is 854. The molecule has 0 aromatic heterocycles. The highest BCUT2D eigenvalue weighted by atomic mass is 15.1. The van der Waals surface area contributed by atoms with Gasteiger partial charge in [-0.1, -0.05) is 48.6 Å². The summed E-state index contributed by atoms with van der Waals surface area (Å²) in [5.41, 5.74) is 7.05. The third kappa shape index (κ3) is 2.09. The molecule has 0 radical (unpaired) electrons. The van der Waals surface area contributed by atoms with Gasteiger partial charge in [-0.25, -0.2) is 0 Å². The zero-order valence-electron chi connectivity index (χ0n) is 12.4. The molecule has 0 bridgehead atoms. The lowest BCUT2D eigenvalue weighted by Gasteiger charge is -2.26. The Labute approximate surface area is 130 Å². The van der Waals surface area contributed by atoms with Crippen molar-refractivity contribution in [2.24, 2.45) is 4.99 Å². The second-order valence-corrected chi connectivity index (χ2v) is 5.44. The first-order chi connectivity index (χ1) is 10.8. The van der Waals surface area contributed by atoms with Gasteiger partial charge in [-0.05, 0) is 29.8 Å². The van der Waals surface area contributed by atoms with Crippen molar-refractivity contribution in [2.45, 2.75) is 0 Å². The summed E-state index contributed by atoms with van der Waals surface area (Å²) in [6.45, 7) is 0. The van der Waals surface area contributed by atoms with Gasteiger partial charge in [-0.15, -0.1) is 0 Å². The molecule has 2 nitrogen and oxygen atoms in total. The number of aliphatic imine (C=N–C) groups is 1. The quantitative estimate of drug-likeness (QED) is 0.732. The number of nitrogens with zero attached hydrogens (tertiary/aromatic N) is 2. The van der Waals surface area contributed by atoms with Gasteiger partial charge in [0.25, 0.3) is 0 Å². The summed E-state index contributed by atoms with van der Waals surface area (Å²) in [4.78, 5) is 6.66. The van der Waals surface area contributed by atoms with Crippen molar-refractivity contribution in [1.82, 2.24) is 0 Å². The highest BCUT2D eigenvalue weighted by molar-refractivity contribution is 6.16. The van der Waals surface area contributed by atoms with Gasteiger partial charge in [0.2, 0.25) is 0 Å². The van der Waals surface area contributed by atoms with Gasteiger partial charge >= 0.3 is 0 Å². The summed E-state index contributed by atoms with van der Waals surface area (Å²) < 4.78 is 0. The van der Waals surface area contributed by atoms with Crippen LogP contribution in [0.15, 0.2) is 77.4 Å². The van der Waals surface area contributed by atoms with Crippen LogP contribution in [0.2, 0.25) is 0 Å². The van der Waals surface area contributed by atoms with Gasteiger partial charge in [-0.2, -0.15) is 0 Å². The lowest BCUT2D eigenvalue weighted by Crippen LogP contribution is -2.18. The van der Waals surface area contributed by atoms with Gasteiger partial charge < -0.3 is 4.90 Å². The van der Waals surface area contributed by atoms with Crippen molar-refractivity contribution >= 4 is 29.2 Å². The molecular weight excluding hydrogens is 268 g/mol. The minimum absolute atomic E-state index is 1.05. The maximum Gasteiger partial charge on any atom is 0.0708 e. The molecule has 2 aliphatic rings. The van der Waals surface area contributed by atoms with E-state index in [0.29, 0.717) is 0 Å². The second kappa shape index (κ2) is 5.15. The van der Waals surface area contributed by atoms with Crippen molar-refractivity contribution in [3.05, 3.63) is 83.6 Å². The maximum atomic E-state index is 4.45. The topological polar surface area (TPSA) is 15.6 Å². The van der Waals surface area contributed by atoms with Crippen LogP contribution < -0.4 is 4.90 Å². The minimum atomic E-state index is 1.05. The predicted molar refractivity (Wildman–Crippen MR) is 94.5 cm³/mol. The van der Waals surface area contributed by atoms with Gasteiger partial charge in [0.05, 0.1) is 5.69 Å². The first kappa shape index (κ1) is 12.8. The van der Waals surface area contributed by atoms with Crippen LogP contribution in [-0.2, 0) is 0 Å². The van der Waals surface area contributed by atoms with Crippen LogP contribution in [-0.4, -0.2) is 13.3 Å². The smallest absolute Gasteiger partial charge is 0.0708 e. The zero-order valence-corrected chi connectivity index (χ0v) is 12.4. The highest BCUT2D eigenvalue weighted by Gasteiger charge is 2.13. The fraction of sp³-hybridized carbons (Fsp3) is 0.0500. The molecule has 106 valence electrons. The van der Waals surface area contributed by atoms with E-state index in [2.05, 4.69) is 77.6 Å².